The van der Waals surface area contributed by atoms with Crippen LogP contribution in [0.5, 0.6) is 11.5 Å². The average molecular weight is 381 g/mol. The lowest BCUT2D eigenvalue weighted by molar-refractivity contribution is -0.393. The number of phenolic OH excluding ortho intramolecular Hbond substituents is 2. The standard InChI is InChI=1S/C15H13ClN4O6/c1-2-11(9-6-10(16)15(22)7-14(9)21)17-18-12-4-3-8(19(23)24)5-13(12)20(25)26/h3-7,18,21-22H,2H2,1H3/b17-11-. The van der Waals surface area contributed by atoms with Crippen LogP contribution in [0.3, 0.4) is 0 Å². The molecule has 0 saturated carbocycles. The normalized spacial score (nSPS) is 11.2. The van der Waals surface area contributed by atoms with E-state index in [1.165, 1.54) is 6.07 Å². The molecule has 0 atom stereocenters. The molecule has 2 aromatic carbocycles. The average Bonchev–Trinajstić information content (AvgIpc) is 2.59. The van der Waals surface area contributed by atoms with Gasteiger partial charge >= 0.3 is 5.69 Å². The quantitative estimate of drug-likeness (QED) is 0.391. The molecule has 0 aliphatic carbocycles. The minimum atomic E-state index is -0.772. The van der Waals surface area contributed by atoms with Gasteiger partial charge in [0.2, 0.25) is 0 Å². The predicted molar refractivity (Wildman–Crippen MR) is 95.0 cm³/mol. The minimum Gasteiger partial charge on any atom is -0.507 e. The van der Waals surface area contributed by atoms with Gasteiger partial charge in [-0.3, -0.25) is 25.7 Å². The van der Waals surface area contributed by atoms with Gasteiger partial charge in [0, 0.05) is 17.7 Å². The minimum absolute atomic E-state index is 0.000247. The second kappa shape index (κ2) is 7.66. The van der Waals surface area contributed by atoms with E-state index in [9.17, 15) is 30.4 Å². The third-order valence-electron chi connectivity index (χ3n) is 3.41. The monoisotopic (exact) mass is 380 g/mol. The van der Waals surface area contributed by atoms with E-state index in [-0.39, 0.29) is 27.8 Å². The number of halogens is 1. The second-order valence-electron chi connectivity index (χ2n) is 5.06. The van der Waals surface area contributed by atoms with Gasteiger partial charge in [-0.05, 0) is 18.6 Å². The van der Waals surface area contributed by atoms with Gasteiger partial charge in [-0.25, -0.2) is 0 Å². The fourth-order valence-electron chi connectivity index (χ4n) is 2.12. The Hall–Kier alpha value is -3.40. The van der Waals surface area contributed by atoms with Crippen LogP contribution >= 0.6 is 11.6 Å². The van der Waals surface area contributed by atoms with Gasteiger partial charge in [0.1, 0.15) is 17.2 Å². The van der Waals surface area contributed by atoms with Gasteiger partial charge in [-0.1, -0.05) is 18.5 Å². The summed E-state index contributed by atoms with van der Waals surface area (Å²) in [5, 5.41) is 45.3. The SMILES string of the molecule is CC/C(=N/Nc1ccc([N+](=O)[O-])cc1[N+](=O)[O-])c1cc(Cl)c(O)cc1O. The van der Waals surface area contributed by atoms with Crippen molar-refractivity contribution in [2.75, 3.05) is 5.43 Å². The summed E-state index contributed by atoms with van der Waals surface area (Å²) in [6, 6.07) is 5.44. The maximum atomic E-state index is 11.1. The first-order valence-electron chi connectivity index (χ1n) is 7.21. The first-order chi connectivity index (χ1) is 12.2. The highest BCUT2D eigenvalue weighted by Gasteiger charge is 2.20. The Morgan fingerprint density at radius 3 is 2.42 bits per heavy atom. The summed E-state index contributed by atoms with van der Waals surface area (Å²) < 4.78 is 0. The zero-order valence-electron chi connectivity index (χ0n) is 13.3. The molecule has 0 spiro atoms. The van der Waals surface area contributed by atoms with Crippen LogP contribution in [0, 0.1) is 20.2 Å². The van der Waals surface area contributed by atoms with Crippen LogP contribution in [0.25, 0.3) is 0 Å². The number of rotatable bonds is 6. The molecule has 0 saturated heterocycles. The van der Waals surface area contributed by atoms with E-state index in [4.69, 9.17) is 11.6 Å². The molecule has 0 unspecified atom stereocenters. The lowest BCUT2D eigenvalue weighted by Crippen LogP contribution is -2.05. The van der Waals surface area contributed by atoms with Gasteiger partial charge in [0.25, 0.3) is 5.69 Å². The Balaban J connectivity index is 2.42. The molecular formula is C15H13ClN4O6. The Morgan fingerprint density at radius 2 is 1.85 bits per heavy atom. The molecule has 11 heteroatoms. The zero-order chi connectivity index (χ0) is 19.4. The van der Waals surface area contributed by atoms with Crippen molar-refractivity contribution in [1.29, 1.82) is 0 Å². The van der Waals surface area contributed by atoms with Crippen LogP contribution in [0.4, 0.5) is 17.1 Å². The van der Waals surface area contributed by atoms with Crippen molar-refractivity contribution in [3.05, 3.63) is 61.1 Å². The number of nitrogens with zero attached hydrogens (tertiary/aromatic N) is 3. The summed E-state index contributed by atoms with van der Waals surface area (Å²) >= 11 is 5.83. The van der Waals surface area contributed by atoms with E-state index in [1.807, 2.05) is 0 Å². The molecule has 0 aliphatic rings. The van der Waals surface area contributed by atoms with Crippen LogP contribution in [0.2, 0.25) is 5.02 Å². The number of phenols is 2. The van der Waals surface area contributed by atoms with Crippen LogP contribution < -0.4 is 5.43 Å². The molecule has 3 N–H and O–H groups in total. The Kier molecular flexibility index (Phi) is 5.58. The van der Waals surface area contributed by atoms with Crippen LogP contribution in [0.15, 0.2) is 35.4 Å². The first kappa shape index (κ1) is 18.9. The number of nitrogens with one attached hydrogen (secondary N) is 1. The molecular weight excluding hydrogens is 368 g/mol. The molecule has 0 heterocycles. The van der Waals surface area contributed by atoms with E-state index in [0.29, 0.717) is 12.1 Å². The number of non-ortho nitro benzene ring substituents is 1. The maximum Gasteiger partial charge on any atom is 0.301 e. The van der Waals surface area contributed by atoms with Crippen molar-refractivity contribution in [2.24, 2.45) is 5.10 Å². The zero-order valence-corrected chi connectivity index (χ0v) is 14.1. The fourth-order valence-corrected chi connectivity index (χ4v) is 2.28. The van der Waals surface area contributed by atoms with Gasteiger partial charge < -0.3 is 10.2 Å². The summed E-state index contributed by atoms with van der Waals surface area (Å²) in [6.07, 6.45) is 0.322. The Morgan fingerprint density at radius 1 is 1.15 bits per heavy atom. The number of hydrazone groups is 1. The molecule has 2 rings (SSSR count). The van der Waals surface area contributed by atoms with E-state index >= 15 is 0 Å². The van der Waals surface area contributed by atoms with Crippen molar-refractivity contribution < 1.29 is 20.1 Å². The van der Waals surface area contributed by atoms with Crippen LogP contribution in [0.1, 0.15) is 18.9 Å². The van der Waals surface area contributed by atoms with Crippen molar-refractivity contribution in [2.45, 2.75) is 13.3 Å². The number of benzene rings is 2. The predicted octanol–water partition coefficient (Wildman–Crippen LogP) is 3.79. The fraction of sp³-hybridized carbons (Fsp3) is 0.133. The summed E-state index contributed by atoms with van der Waals surface area (Å²) in [6.45, 7) is 1.73. The number of nitro groups is 2. The molecule has 0 aromatic heterocycles. The largest absolute Gasteiger partial charge is 0.507 e. The third-order valence-corrected chi connectivity index (χ3v) is 3.71. The van der Waals surface area contributed by atoms with E-state index < -0.39 is 21.2 Å². The van der Waals surface area contributed by atoms with Gasteiger partial charge in [-0.2, -0.15) is 5.10 Å². The van der Waals surface area contributed by atoms with Gasteiger partial charge in [-0.15, -0.1) is 0 Å². The number of nitro benzene ring substituents is 2. The lowest BCUT2D eigenvalue weighted by atomic mass is 10.1. The van der Waals surface area contributed by atoms with Gasteiger partial charge in [0.05, 0.1) is 26.6 Å². The smallest absolute Gasteiger partial charge is 0.301 e. The highest BCUT2D eigenvalue weighted by atomic mass is 35.5. The molecule has 10 nitrogen and oxygen atoms in total. The number of anilines is 1. The molecule has 2 aromatic rings. The topological polar surface area (TPSA) is 151 Å². The molecule has 136 valence electrons. The van der Waals surface area contributed by atoms with Crippen molar-refractivity contribution in [1.82, 2.24) is 0 Å². The maximum absolute atomic E-state index is 11.1. The summed E-state index contributed by atoms with van der Waals surface area (Å²) in [7, 11) is 0. The highest BCUT2D eigenvalue weighted by molar-refractivity contribution is 6.32. The molecule has 0 amide bonds. The first-order valence-corrected chi connectivity index (χ1v) is 7.59. The molecule has 0 radical (unpaired) electrons. The third kappa shape index (κ3) is 3.98. The number of hydrogen-bond donors (Lipinski definition) is 3. The Bertz CT molecular complexity index is 915. The van der Waals surface area contributed by atoms with Crippen molar-refractivity contribution >= 4 is 34.4 Å². The van der Waals surface area contributed by atoms with E-state index in [1.54, 1.807) is 6.92 Å². The summed E-state index contributed by atoms with van der Waals surface area (Å²) in [4.78, 5) is 20.4. The molecule has 0 aliphatic heterocycles. The van der Waals surface area contributed by atoms with Crippen molar-refractivity contribution in [3.8, 4) is 11.5 Å². The molecule has 26 heavy (non-hydrogen) atoms. The Labute approximate surface area is 151 Å². The second-order valence-corrected chi connectivity index (χ2v) is 5.47. The molecule has 0 bridgehead atoms. The van der Waals surface area contributed by atoms with E-state index in [2.05, 4.69) is 10.5 Å². The van der Waals surface area contributed by atoms with E-state index in [0.717, 1.165) is 24.3 Å². The van der Waals surface area contributed by atoms with Gasteiger partial charge in [0.15, 0.2) is 0 Å². The molecule has 0 fully saturated rings. The highest BCUT2D eigenvalue weighted by Crippen LogP contribution is 2.32. The summed E-state index contributed by atoms with van der Waals surface area (Å²) in [5.74, 6) is -0.574. The number of aromatic hydroxyl groups is 2. The lowest BCUT2D eigenvalue weighted by Gasteiger charge is -2.09. The van der Waals surface area contributed by atoms with Crippen LogP contribution in [-0.2, 0) is 0 Å². The van der Waals surface area contributed by atoms with Crippen molar-refractivity contribution in [3.63, 3.8) is 0 Å². The van der Waals surface area contributed by atoms with Crippen LogP contribution in [-0.4, -0.2) is 25.8 Å². The summed E-state index contributed by atoms with van der Waals surface area (Å²) in [5.41, 5.74) is 2.00. The number of hydrogen-bond acceptors (Lipinski definition) is 8.